The average Bonchev–Trinajstić information content (AvgIpc) is 3.05. The fraction of sp³-hybridized carbons (Fsp3) is 0.529. The molecule has 4 rings (SSSR count). The van der Waals surface area contributed by atoms with Crippen molar-refractivity contribution in [2.45, 2.75) is 18.9 Å². The Hall–Kier alpha value is -1.24. The molecule has 0 unspecified atom stereocenters. The Bertz CT molecular complexity index is 735. The molecule has 2 saturated heterocycles. The molecule has 0 aromatic carbocycles. The Morgan fingerprint density at radius 2 is 1.88 bits per heavy atom. The van der Waals surface area contributed by atoms with Crippen LogP contribution in [0.25, 0.3) is 5.65 Å². The molecule has 0 radical (unpaired) electrons. The van der Waals surface area contributed by atoms with Crippen molar-refractivity contribution in [3.63, 3.8) is 0 Å². The molecule has 24 heavy (non-hydrogen) atoms. The summed E-state index contributed by atoms with van der Waals surface area (Å²) in [5.41, 5.74) is 1.26. The van der Waals surface area contributed by atoms with Crippen LogP contribution in [-0.4, -0.2) is 68.8 Å². The highest BCUT2D eigenvalue weighted by molar-refractivity contribution is 7.99. The first-order valence-corrected chi connectivity index (χ1v) is 9.99. The van der Waals surface area contributed by atoms with Crippen LogP contribution in [0.2, 0.25) is 5.02 Å². The minimum Gasteiger partial charge on any atom is -0.337 e. The van der Waals surface area contributed by atoms with Crippen molar-refractivity contribution in [3.8, 4) is 0 Å². The topological polar surface area (TPSA) is 40.9 Å². The van der Waals surface area contributed by atoms with Crippen molar-refractivity contribution in [1.29, 1.82) is 0 Å². The van der Waals surface area contributed by atoms with Gasteiger partial charge < -0.3 is 9.30 Å². The molecular weight excluding hydrogens is 344 g/mol. The number of aromatic nitrogens is 2. The summed E-state index contributed by atoms with van der Waals surface area (Å²) < 4.78 is 1.81. The molecule has 4 heterocycles. The normalized spacial score (nSPS) is 20.6. The van der Waals surface area contributed by atoms with E-state index in [4.69, 9.17) is 11.6 Å². The molecule has 7 heteroatoms. The molecule has 128 valence electrons. The molecular formula is C17H21ClN4OS. The molecule has 2 aliphatic heterocycles. The lowest BCUT2D eigenvalue weighted by molar-refractivity contribution is 0.0626. The second-order valence-corrected chi connectivity index (χ2v) is 8.07. The van der Waals surface area contributed by atoms with E-state index >= 15 is 0 Å². The average molecular weight is 365 g/mol. The van der Waals surface area contributed by atoms with Gasteiger partial charge in [0.1, 0.15) is 11.3 Å². The van der Waals surface area contributed by atoms with Crippen LogP contribution in [0, 0.1) is 0 Å². The second-order valence-electron chi connectivity index (χ2n) is 6.41. The van der Waals surface area contributed by atoms with E-state index in [1.54, 1.807) is 18.5 Å². The number of piperidine rings is 1. The quantitative estimate of drug-likeness (QED) is 0.821. The first kappa shape index (κ1) is 16.2. The third kappa shape index (κ3) is 3.27. The van der Waals surface area contributed by atoms with E-state index in [-0.39, 0.29) is 5.91 Å². The van der Waals surface area contributed by atoms with E-state index in [1.807, 2.05) is 27.1 Å². The third-order valence-corrected chi connectivity index (χ3v) is 6.11. The summed E-state index contributed by atoms with van der Waals surface area (Å²) in [7, 11) is 0. The second kappa shape index (κ2) is 6.94. The van der Waals surface area contributed by atoms with Crippen molar-refractivity contribution >= 4 is 34.9 Å². The summed E-state index contributed by atoms with van der Waals surface area (Å²) in [6.45, 7) is 4.02. The number of imidazole rings is 1. The van der Waals surface area contributed by atoms with Crippen LogP contribution in [0.4, 0.5) is 0 Å². The van der Waals surface area contributed by atoms with Crippen molar-refractivity contribution in [2.24, 2.45) is 0 Å². The lowest BCUT2D eigenvalue weighted by Crippen LogP contribution is -2.49. The van der Waals surface area contributed by atoms with E-state index < -0.39 is 0 Å². The molecule has 0 atom stereocenters. The van der Waals surface area contributed by atoms with Gasteiger partial charge in [-0.05, 0) is 25.0 Å². The molecule has 1 amide bonds. The fourth-order valence-electron chi connectivity index (χ4n) is 3.61. The third-order valence-electron chi connectivity index (χ3n) is 4.95. The van der Waals surface area contributed by atoms with Crippen LogP contribution in [0.15, 0.2) is 24.5 Å². The number of halogens is 1. The highest BCUT2D eigenvalue weighted by Crippen LogP contribution is 2.22. The standard InChI is InChI=1S/C17H21ClN4OS/c18-13-1-2-16-19-15(12-22(16)11-13)17(23)21-5-3-14(4-6-21)20-7-9-24-10-8-20/h1-2,11-12,14H,3-10H2. The maximum atomic E-state index is 12.7. The van der Waals surface area contributed by atoms with Gasteiger partial charge in [-0.15, -0.1) is 0 Å². The van der Waals surface area contributed by atoms with Gasteiger partial charge in [0.15, 0.2) is 0 Å². The number of carbonyl (C=O) groups excluding carboxylic acids is 1. The largest absolute Gasteiger partial charge is 0.337 e. The highest BCUT2D eigenvalue weighted by atomic mass is 35.5. The zero-order chi connectivity index (χ0) is 16.5. The Balaban J connectivity index is 1.41. The van der Waals surface area contributed by atoms with Crippen molar-refractivity contribution in [3.05, 3.63) is 35.2 Å². The van der Waals surface area contributed by atoms with Crippen LogP contribution in [0.3, 0.4) is 0 Å². The summed E-state index contributed by atoms with van der Waals surface area (Å²) in [6.07, 6.45) is 5.68. The summed E-state index contributed by atoms with van der Waals surface area (Å²) in [5, 5.41) is 0.638. The van der Waals surface area contributed by atoms with Crippen LogP contribution in [0.1, 0.15) is 23.3 Å². The molecule has 2 aliphatic rings. The van der Waals surface area contributed by atoms with Gasteiger partial charge in [-0.25, -0.2) is 4.98 Å². The van der Waals surface area contributed by atoms with Gasteiger partial charge >= 0.3 is 0 Å². The number of thioether (sulfide) groups is 1. The van der Waals surface area contributed by atoms with Crippen molar-refractivity contribution in [1.82, 2.24) is 19.2 Å². The minimum atomic E-state index is 0.0301. The predicted octanol–water partition coefficient (Wildman–Crippen LogP) is 2.64. The number of fused-ring (bicyclic) bond motifs is 1. The van der Waals surface area contributed by atoms with Gasteiger partial charge in [0.05, 0.1) is 5.02 Å². The lowest BCUT2D eigenvalue weighted by Gasteiger charge is -2.39. The van der Waals surface area contributed by atoms with Gasteiger partial charge in [-0.2, -0.15) is 11.8 Å². The van der Waals surface area contributed by atoms with E-state index in [2.05, 4.69) is 9.88 Å². The molecule has 5 nitrogen and oxygen atoms in total. The molecule has 0 spiro atoms. The Morgan fingerprint density at radius 3 is 2.62 bits per heavy atom. The van der Waals surface area contributed by atoms with Crippen LogP contribution in [0.5, 0.6) is 0 Å². The number of amides is 1. The van der Waals surface area contributed by atoms with E-state index in [0.29, 0.717) is 16.8 Å². The maximum absolute atomic E-state index is 12.7. The summed E-state index contributed by atoms with van der Waals surface area (Å²) in [6, 6.07) is 4.26. The molecule has 2 aromatic rings. The van der Waals surface area contributed by atoms with E-state index in [0.717, 1.165) is 31.6 Å². The van der Waals surface area contributed by atoms with E-state index in [1.165, 1.54) is 24.6 Å². The predicted molar refractivity (Wildman–Crippen MR) is 98.0 cm³/mol. The van der Waals surface area contributed by atoms with Crippen molar-refractivity contribution in [2.75, 3.05) is 37.7 Å². The Morgan fingerprint density at radius 1 is 1.12 bits per heavy atom. The highest BCUT2D eigenvalue weighted by Gasteiger charge is 2.28. The van der Waals surface area contributed by atoms with Gasteiger partial charge in [-0.1, -0.05) is 11.6 Å². The van der Waals surface area contributed by atoms with Gasteiger partial charge in [-0.3, -0.25) is 9.69 Å². The SMILES string of the molecule is O=C(c1cn2cc(Cl)ccc2n1)N1CCC(N2CCSCC2)CC1. The van der Waals surface area contributed by atoms with Gasteiger partial charge in [0, 0.05) is 56.1 Å². The Labute approximate surface area is 151 Å². The van der Waals surface area contributed by atoms with Crippen LogP contribution in [-0.2, 0) is 0 Å². The molecule has 0 saturated carbocycles. The minimum absolute atomic E-state index is 0.0301. The zero-order valence-electron chi connectivity index (χ0n) is 13.5. The van der Waals surface area contributed by atoms with Crippen molar-refractivity contribution < 1.29 is 4.79 Å². The number of pyridine rings is 1. The number of nitrogens with zero attached hydrogens (tertiary/aromatic N) is 4. The smallest absolute Gasteiger partial charge is 0.274 e. The first-order chi connectivity index (χ1) is 11.7. The molecule has 2 fully saturated rings. The Kier molecular flexibility index (Phi) is 4.70. The van der Waals surface area contributed by atoms with Gasteiger partial charge in [0.25, 0.3) is 5.91 Å². The number of rotatable bonds is 2. The number of hydrogen-bond acceptors (Lipinski definition) is 4. The summed E-state index contributed by atoms with van der Waals surface area (Å²) >= 11 is 8.04. The van der Waals surface area contributed by atoms with Crippen LogP contribution < -0.4 is 0 Å². The fourth-order valence-corrected chi connectivity index (χ4v) is 4.71. The number of hydrogen-bond donors (Lipinski definition) is 0. The zero-order valence-corrected chi connectivity index (χ0v) is 15.1. The number of likely N-dealkylation sites (tertiary alicyclic amines) is 1. The maximum Gasteiger partial charge on any atom is 0.274 e. The molecule has 0 bridgehead atoms. The molecule has 0 aliphatic carbocycles. The van der Waals surface area contributed by atoms with Crippen LogP contribution >= 0.6 is 23.4 Å². The lowest BCUT2D eigenvalue weighted by atomic mass is 10.0. The summed E-state index contributed by atoms with van der Waals surface area (Å²) in [4.78, 5) is 21.7. The first-order valence-electron chi connectivity index (χ1n) is 8.46. The van der Waals surface area contributed by atoms with E-state index in [9.17, 15) is 4.79 Å². The monoisotopic (exact) mass is 364 g/mol. The molecule has 0 N–H and O–H groups in total. The molecule has 2 aromatic heterocycles. The number of carbonyl (C=O) groups is 1. The van der Waals surface area contributed by atoms with Gasteiger partial charge in [0.2, 0.25) is 0 Å². The summed E-state index contributed by atoms with van der Waals surface area (Å²) in [5.74, 6) is 2.51.